The van der Waals surface area contributed by atoms with Crippen LogP contribution in [-0.2, 0) is 14.4 Å². The number of aryl methyl sites for hydroxylation is 1. The normalized spacial score (nSPS) is 13.2. The number of carbonyl (C=O) groups is 3. The van der Waals surface area contributed by atoms with Crippen LogP contribution in [0.1, 0.15) is 23.6 Å². The maximum atomic E-state index is 13.5. The van der Waals surface area contributed by atoms with Crippen molar-refractivity contribution in [1.82, 2.24) is 0 Å². The van der Waals surface area contributed by atoms with Crippen LogP contribution in [0.25, 0.3) is 5.57 Å². The Bertz CT molecular complexity index is 1320. The first-order valence-corrected chi connectivity index (χ1v) is 10.2. The fourth-order valence-corrected chi connectivity index (χ4v) is 3.54. The van der Waals surface area contributed by atoms with Crippen molar-refractivity contribution in [2.75, 3.05) is 15.5 Å². The molecule has 0 fully saturated rings. The van der Waals surface area contributed by atoms with E-state index in [1.54, 1.807) is 48.5 Å². The van der Waals surface area contributed by atoms with Crippen molar-refractivity contribution in [3.05, 3.63) is 95.2 Å². The summed E-state index contributed by atoms with van der Waals surface area (Å²) in [5, 5.41) is 14.8. The highest BCUT2D eigenvalue weighted by molar-refractivity contribution is 6.46. The molecule has 33 heavy (non-hydrogen) atoms. The lowest BCUT2D eigenvalue weighted by Crippen LogP contribution is -2.32. The van der Waals surface area contributed by atoms with Gasteiger partial charge in [0.25, 0.3) is 11.8 Å². The molecular weight excluding hydrogens is 416 g/mol. The first kappa shape index (κ1) is 21.5. The fourth-order valence-electron chi connectivity index (χ4n) is 3.54. The van der Waals surface area contributed by atoms with Crippen LogP contribution in [0.3, 0.4) is 0 Å². The first-order chi connectivity index (χ1) is 15.9. The molecule has 0 unspecified atom stereocenters. The Morgan fingerprint density at radius 2 is 1.45 bits per heavy atom. The van der Waals surface area contributed by atoms with Gasteiger partial charge in [0.1, 0.15) is 5.70 Å². The maximum absolute atomic E-state index is 13.5. The molecular formula is C26H20N4O3. The highest BCUT2D eigenvalue weighted by Crippen LogP contribution is 2.34. The van der Waals surface area contributed by atoms with Gasteiger partial charge >= 0.3 is 0 Å². The van der Waals surface area contributed by atoms with Crippen molar-refractivity contribution in [1.29, 1.82) is 5.26 Å². The molecule has 0 spiro atoms. The predicted molar refractivity (Wildman–Crippen MR) is 126 cm³/mol. The van der Waals surface area contributed by atoms with Crippen molar-refractivity contribution >= 4 is 40.4 Å². The summed E-state index contributed by atoms with van der Waals surface area (Å²) in [5.74, 6) is -1.18. The van der Waals surface area contributed by atoms with E-state index in [1.807, 2.05) is 37.3 Å². The van der Waals surface area contributed by atoms with Crippen LogP contribution in [-0.4, -0.2) is 17.7 Å². The van der Waals surface area contributed by atoms with Gasteiger partial charge in [-0.1, -0.05) is 29.8 Å². The lowest BCUT2D eigenvalue weighted by molar-refractivity contribution is -0.120. The molecule has 7 nitrogen and oxygen atoms in total. The number of anilines is 3. The minimum atomic E-state index is -0.494. The summed E-state index contributed by atoms with van der Waals surface area (Å²) in [4.78, 5) is 39.3. The molecule has 0 atom stereocenters. The lowest BCUT2D eigenvalue weighted by Gasteiger charge is -2.15. The smallest absolute Gasteiger partial charge is 0.282 e. The summed E-state index contributed by atoms with van der Waals surface area (Å²) in [6.07, 6.45) is 0. The summed E-state index contributed by atoms with van der Waals surface area (Å²) in [5.41, 5.74) is 4.03. The highest BCUT2D eigenvalue weighted by Gasteiger charge is 2.40. The Morgan fingerprint density at radius 3 is 2.03 bits per heavy atom. The van der Waals surface area contributed by atoms with Gasteiger partial charge in [-0.3, -0.25) is 14.4 Å². The summed E-state index contributed by atoms with van der Waals surface area (Å²) in [6, 6.07) is 22.5. The molecule has 3 aromatic carbocycles. The molecule has 0 aliphatic carbocycles. The molecule has 0 saturated carbocycles. The standard InChI is InChI=1S/C26H20N4O3/c1-16-3-9-21(10-4-16)29-24-23(19-7-11-20(12-8-19)28-17(2)31)25(32)30(26(24)33)22-13-5-18(15-27)6-14-22/h3-14,29H,1-2H3,(H,28,31). The van der Waals surface area contributed by atoms with E-state index in [0.29, 0.717) is 28.2 Å². The van der Waals surface area contributed by atoms with E-state index in [0.717, 1.165) is 10.5 Å². The van der Waals surface area contributed by atoms with Crippen LogP contribution in [0.5, 0.6) is 0 Å². The number of nitrogens with one attached hydrogen (secondary N) is 2. The van der Waals surface area contributed by atoms with Gasteiger partial charge in [0.15, 0.2) is 0 Å². The number of carbonyl (C=O) groups excluding carboxylic acids is 3. The maximum Gasteiger partial charge on any atom is 0.282 e. The predicted octanol–water partition coefficient (Wildman–Crippen LogP) is 4.22. The van der Waals surface area contributed by atoms with Crippen molar-refractivity contribution in [2.45, 2.75) is 13.8 Å². The van der Waals surface area contributed by atoms with E-state index in [1.165, 1.54) is 6.92 Å². The van der Waals surface area contributed by atoms with Gasteiger partial charge < -0.3 is 10.6 Å². The van der Waals surface area contributed by atoms with Gasteiger partial charge in [-0.2, -0.15) is 5.26 Å². The molecule has 0 aromatic heterocycles. The molecule has 3 amide bonds. The molecule has 0 saturated heterocycles. The van der Waals surface area contributed by atoms with Crippen molar-refractivity contribution in [3.8, 4) is 6.07 Å². The number of benzene rings is 3. The van der Waals surface area contributed by atoms with Gasteiger partial charge in [-0.15, -0.1) is 0 Å². The second-order valence-electron chi connectivity index (χ2n) is 7.60. The quantitative estimate of drug-likeness (QED) is 0.583. The molecule has 1 heterocycles. The second-order valence-corrected chi connectivity index (χ2v) is 7.60. The van der Waals surface area contributed by atoms with E-state index in [9.17, 15) is 14.4 Å². The minimum absolute atomic E-state index is 0.153. The Balaban J connectivity index is 1.77. The molecule has 3 aromatic rings. The largest absolute Gasteiger partial charge is 0.350 e. The minimum Gasteiger partial charge on any atom is -0.350 e. The highest BCUT2D eigenvalue weighted by atomic mass is 16.2. The Morgan fingerprint density at radius 1 is 0.848 bits per heavy atom. The first-order valence-electron chi connectivity index (χ1n) is 10.2. The summed E-state index contributed by atoms with van der Waals surface area (Å²) in [6.45, 7) is 3.37. The third-order valence-electron chi connectivity index (χ3n) is 5.15. The van der Waals surface area contributed by atoms with E-state index in [2.05, 4.69) is 10.6 Å². The molecule has 7 heteroatoms. The van der Waals surface area contributed by atoms with Gasteiger partial charge in [0.2, 0.25) is 5.91 Å². The summed E-state index contributed by atoms with van der Waals surface area (Å²) in [7, 11) is 0. The van der Waals surface area contributed by atoms with Gasteiger partial charge in [0, 0.05) is 18.3 Å². The van der Waals surface area contributed by atoms with E-state index in [4.69, 9.17) is 5.26 Å². The number of hydrogen-bond acceptors (Lipinski definition) is 5. The average molecular weight is 436 g/mol. The molecule has 0 radical (unpaired) electrons. The van der Waals surface area contributed by atoms with Crippen LogP contribution in [0.2, 0.25) is 0 Å². The van der Waals surface area contributed by atoms with E-state index in [-0.39, 0.29) is 17.2 Å². The number of nitriles is 1. The van der Waals surface area contributed by atoms with Gasteiger partial charge in [-0.25, -0.2) is 4.90 Å². The van der Waals surface area contributed by atoms with Crippen molar-refractivity contribution in [2.24, 2.45) is 0 Å². The topological polar surface area (TPSA) is 102 Å². The molecule has 2 N–H and O–H groups in total. The zero-order valence-corrected chi connectivity index (χ0v) is 18.0. The van der Waals surface area contributed by atoms with Crippen molar-refractivity contribution < 1.29 is 14.4 Å². The third-order valence-corrected chi connectivity index (χ3v) is 5.15. The number of rotatable bonds is 5. The number of imide groups is 1. The van der Waals surface area contributed by atoms with E-state index < -0.39 is 11.8 Å². The SMILES string of the molecule is CC(=O)Nc1ccc(C2=C(Nc3ccc(C)cc3)C(=O)N(c3ccc(C#N)cc3)C2=O)cc1. The summed E-state index contributed by atoms with van der Waals surface area (Å²) >= 11 is 0. The van der Waals surface area contributed by atoms with Crippen LogP contribution in [0.4, 0.5) is 17.1 Å². The average Bonchev–Trinajstić information content (AvgIpc) is 3.05. The second kappa shape index (κ2) is 8.81. The molecule has 0 bridgehead atoms. The number of amides is 3. The third kappa shape index (κ3) is 4.36. The fraction of sp³-hybridized carbons (Fsp3) is 0.0769. The van der Waals surface area contributed by atoms with Gasteiger partial charge in [-0.05, 0) is 61.0 Å². The Labute approximate surface area is 191 Å². The van der Waals surface area contributed by atoms with Gasteiger partial charge in [0.05, 0.1) is 22.9 Å². The zero-order valence-electron chi connectivity index (χ0n) is 18.0. The zero-order chi connectivity index (χ0) is 23.5. The Hall–Kier alpha value is -4.70. The Kier molecular flexibility index (Phi) is 5.75. The van der Waals surface area contributed by atoms with Crippen LogP contribution in [0, 0.1) is 18.3 Å². The number of hydrogen-bond donors (Lipinski definition) is 2. The molecule has 162 valence electrons. The monoisotopic (exact) mass is 436 g/mol. The molecule has 1 aliphatic rings. The lowest BCUT2D eigenvalue weighted by atomic mass is 10.0. The van der Waals surface area contributed by atoms with E-state index >= 15 is 0 Å². The summed E-state index contributed by atoms with van der Waals surface area (Å²) < 4.78 is 0. The molecule has 1 aliphatic heterocycles. The van der Waals surface area contributed by atoms with Crippen LogP contribution >= 0.6 is 0 Å². The molecule has 4 rings (SSSR count). The number of nitrogens with zero attached hydrogens (tertiary/aromatic N) is 2. The van der Waals surface area contributed by atoms with Crippen LogP contribution in [0.15, 0.2) is 78.5 Å². The van der Waals surface area contributed by atoms with Crippen LogP contribution < -0.4 is 15.5 Å². The van der Waals surface area contributed by atoms with Crippen molar-refractivity contribution in [3.63, 3.8) is 0 Å².